The molecule has 0 atom stereocenters. The maximum atomic E-state index is 12.2. The number of unbranched alkanes of at least 4 members (excludes halogenated alkanes) is 15. The average molecular weight is 575 g/mol. The third-order valence-corrected chi connectivity index (χ3v) is 7.66. The normalized spacial score (nSPS) is 10.8. The number of rotatable bonds is 22. The molecule has 0 radical (unpaired) electrons. The zero-order valence-electron chi connectivity index (χ0n) is 26.6. The predicted octanol–water partition coefficient (Wildman–Crippen LogP) is 11.1. The molecule has 0 heterocycles. The molecule has 0 bridgehead atoms. The van der Waals surface area contributed by atoms with E-state index in [0.29, 0.717) is 22.6 Å². The molecule has 0 aliphatic heterocycles. The summed E-state index contributed by atoms with van der Waals surface area (Å²) in [5.74, 6) is 0.235. The first-order valence-electron chi connectivity index (χ1n) is 16.3. The van der Waals surface area contributed by atoms with Crippen molar-refractivity contribution >= 4 is 11.9 Å². The van der Waals surface area contributed by atoms with Crippen molar-refractivity contribution in [2.75, 3.05) is 0 Å². The largest absolute Gasteiger partial charge is 0.423 e. The first kappa shape index (κ1) is 35.1. The van der Waals surface area contributed by atoms with Crippen molar-refractivity contribution in [2.24, 2.45) is 0 Å². The molecule has 230 valence electrons. The molecule has 4 nitrogen and oxygen atoms in total. The summed E-state index contributed by atoms with van der Waals surface area (Å²) < 4.78 is 11.0. The van der Waals surface area contributed by atoms with Crippen LogP contribution in [0, 0.1) is 0 Å². The van der Waals surface area contributed by atoms with Crippen LogP contribution in [0.1, 0.15) is 129 Å². The first-order chi connectivity index (χ1) is 20.3. The number of benzene rings is 2. The molecule has 4 heteroatoms. The summed E-state index contributed by atoms with van der Waals surface area (Å²) in [5, 5.41) is 0. The lowest BCUT2D eigenvalue weighted by atomic mass is 9.98. The molecule has 0 amide bonds. The molecular formula is C38H54O4. The van der Waals surface area contributed by atoms with Gasteiger partial charge in [-0.3, -0.25) is 0 Å². The van der Waals surface area contributed by atoms with Gasteiger partial charge in [0.2, 0.25) is 0 Å². The number of aryl methyl sites for hydroxylation is 1. The Morgan fingerprint density at radius 1 is 0.571 bits per heavy atom. The van der Waals surface area contributed by atoms with E-state index in [2.05, 4.69) is 26.1 Å². The van der Waals surface area contributed by atoms with Gasteiger partial charge in [-0.1, -0.05) is 135 Å². The lowest BCUT2D eigenvalue weighted by Crippen LogP contribution is -2.10. The number of esters is 2. The van der Waals surface area contributed by atoms with Gasteiger partial charge in [-0.05, 0) is 67.6 Å². The predicted molar refractivity (Wildman–Crippen MR) is 176 cm³/mol. The molecule has 2 aromatic carbocycles. The van der Waals surface area contributed by atoms with Gasteiger partial charge in [0, 0.05) is 11.1 Å². The lowest BCUT2D eigenvalue weighted by Gasteiger charge is -2.13. The summed E-state index contributed by atoms with van der Waals surface area (Å²) in [5.41, 5.74) is 3.78. The fraction of sp³-hybridized carbons (Fsp3) is 0.526. The molecule has 0 saturated carbocycles. The highest BCUT2D eigenvalue weighted by Crippen LogP contribution is 2.30. The van der Waals surface area contributed by atoms with Gasteiger partial charge in [-0.15, -0.1) is 0 Å². The number of ether oxygens (including phenoxy) is 2. The minimum Gasteiger partial charge on any atom is -0.423 e. The van der Waals surface area contributed by atoms with Gasteiger partial charge in [0.1, 0.15) is 11.5 Å². The topological polar surface area (TPSA) is 52.6 Å². The average Bonchev–Trinajstić information content (AvgIpc) is 2.97. The molecule has 42 heavy (non-hydrogen) atoms. The van der Waals surface area contributed by atoms with Gasteiger partial charge < -0.3 is 9.47 Å². The van der Waals surface area contributed by atoms with E-state index in [1.54, 1.807) is 26.0 Å². The number of hydrogen-bond acceptors (Lipinski definition) is 4. The van der Waals surface area contributed by atoms with Gasteiger partial charge in [-0.2, -0.15) is 0 Å². The molecule has 2 aromatic rings. The van der Waals surface area contributed by atoms with Crippen LogP contribution in [0.2, 0.25) is 0 Å². The molecule has 0 saturated heterocycles. The molecule has 0 aliphatic carbocycles. The summed E-state index contributed by atoms with van der Waals surface area (Å²) in [6.07, 6.45) is 22.2. The van der Waals surface area contributed by atoms with Crippen molar-refractivity contribution in [2.45, 2.75) is 130 Å². The highest BCUT2D eigenvalue weighted by molar-refractivity contribution is 5.89. The van der Waals surface area contributed by atoms with Crippen molar-refractivity contribution in [3.8, 4) is 22.6 Å². The summed E-state index contributed by atoms with van der Waals surface area (Å²) in [4.78, 5) is 24.1. The monoisotopic (exact) mass is 574 g/mol. The third kappa shape index (κ3) is 14.2. The van der Waals surface area contributed by atoms with E-state index < -0.39 is 11.9 Å². The molecule has 0 aliphatic rings. The first-order valence-corrected chi connectivity index (χ1v) is 16.3. The van der Waals surface area contributed by atoms with E-state index in [4.69, 9.17) is 9.47 Å². The summed E-state index contributed by atoms with van der Waals surface area (Å²) in [6.45, 7) is 12.9. The van der Waals surface area contributed by atoms with E-state index >= 15 is 0 Å². The second kappa shape index (κ2) is 20.7. The van der Waals surface area contributed by atoms with Crippen molar-refractivity contribution in [3.05, 3.63) is 72.3 Å². The van der Waals surface area contributed by atoms with Crippen LogP contribution >= 0.6 is 0 Å². The molecule has 0 N–H and O–H groups in total. The van der Waals surface area contributed by atoms with Crippen LogP contribution in [-0.2, 0) is 16.0 Å². The van der Waals surface area contributed by atoms with E-state index in [1.807, 2.05) is 24.3 Å². The van der Waals surface area contributed by atoms with Crippen LogP contribution in [0.4, 0.5) is 0 Å². The van der Waals surface area contributed by atoms with Gasteiger partial charge >= 0.3 is 11.9 Å². The fourth-order valence-corrected chi connectivity index (χ4v) is 5.01. The quantitative estimate of drug-likeness (QED) is 0.0607. The van der Waals surface area contributed by atoms with Gasteiger partial charge in [0.05, 0.1) is 0 Å². The summed E-state index contributed by atoms with van der Waals surface area (Å²) in [7, 11) is 0. The molecule has 0 fully saturated rings. The second-order valence-corrected chi connectivity index (χ2v) is 11.7. The van der Waals surface area contributed by atoms with E-state index in [-0.39, 0.29) is 0 Å². The molecular weight excluding hydrogens is 520 g/mol. The maximum Gasteiger partial charge on any atom is 0.338 e. The Morgan fingerprint density at radius 3 is 1.48 bits per heavy atom. The van der Waals surface area contributed by atoms with Crippen LogP contribution in [0.15, 0.2) is 66.8 Å². The minimum atomic E-state index is -0.437. The zero-order valence-corrected chi connectivity index (χ0v) is 26.6. The van der Waals surface area contributed by atoms with Crippen LogP contribution in [0.3, 0.4) is 0 Å². The Kier molecular flexibility index (Phi) is 17.3. The van der Waals surface area contributed by atoms with E-state index in [1.165, 1.54) is 96.3 Å². The SMILES string of the molecule is C=C(C)C(=O)Oc1ccc(-c2ccc(OC(=O)C(=C)C)c(CCCCCCCCCCCCCCCCCC)c2)cc1. The number of carbonyl (C=O) groups is 2. The van der Waals surface area contributed by atoms with Gasteiger partial charge in [0.15, 0.2) is 0 Å². The van der Waals surface area contributed by atoms with E-state index in [9.17, 15) is 9.59 Å². The highest BCUT2D eigenvalue weighted by Gasteiger charge is 2.12. The third-order valence-electron chi connectivity index (χ3n) is 7.66. The van der Waals surface area contributed by atoms with Crippen LogP contribution in [0.25, 0.3) is 11.1 Å². The van der Waals surface area contributed by atoms with Crippen molar-refractivity contribution in [1.82, 2.24) is 0 Å². The highest BCUT2D eigenvalue weighted by atomic mass is 16.5. The second-order valence-electron chi connectivity index (χ2n) is 11.7. The Balaban J connectivity index is 1.78. The maximum absolute atomic E-state index is 12.2. The van der Waals surface area contributed by atoms with Crippen molar-refractivity contribution < 1.29 is 19.1 Å². The van der Waals surface area contributed by atoms with Gasteiger partial charge in [0.25, 0.3) is 0 Å². The smallest absolute Gasteiger partial charge is 0.338 e. The number of hydrogen-bond donors (Lipinski definition) is 0. The molecule has 2 rings (SSSR count). The van der Waals surface area contributed by atoms with E-state index in [0.717, 1.165) is 29.5 Å². The molecule has 0 aromatic heterocycles. The van der Waals surface area contributed by atoms with Crippen LogP contribution in [0.5, 0.6) is 11.5 Å². The van der Waals surface area contributed by atoms with Gasteiger partial charge in [-0.25, -0.2) is 9.59 Å². The standard InChI is InChI=1S/C38H54O4/c1-6-7-8-9-10-11-12-13-14-15-16-17-18-19-20-21-22-34-29-33(25-28-36(34)42-38(40)31(4)5)32-23-26-35(27-24-32)41-37(39)30(2)3/h23-29H,2,4,6-22H2,1,3,5H3. The van der Waals surface area contributed by atoms with Crippen LogP contribution in [-0.4, -0.2) is 11.9 Å². The fourth-order valence-electron chi connectivity index (χ4n) is 5.01. The Morgan fingerprint density at radius 2 is 1.00 bits per heavy atom. The Bertz CT molecular complexity index is 1110. The molecule has 0 unspecified atom stereocenters. The Hall–Kier alpha value is -3.14. The van der Waals surface area contributed by atoms with Crippen molar-refractivity contribution in [3.63, 3.8) is 0 Å². The molecule has 0 spiro atoms. The lowest BCUT2D eigenvalue weighted by molar-refractivity contribution is -0.131. The van der Waals surface area contributed by atoms with Crippen molar-refractivity contribution in [1.29, 1.82) is 0 Å². The zero-order chi connectivity index (χ0) is 30.6. The number of carbonyl (C=O) groups excluding carboxylic acids is 2. The van der Waals surface area contributed by atoms with Crippen LogP contribution < -0.4 is 9.47 Å². The Labute approximate surface area is 255 Å². The summed E-state index contributed by atoms with van der Waals surface area (Å²) in [6, 6.07) is 13.3. The summed E-state index contributed by atoms with van der Waals surface area (Å²) >= 11 is 0. The minimum absolute atomic E-state index is 0.359.